The van der Waals surface area contributed by atoms with Crippen LogP contribution in [0.4, 0.5) is 19.3 Å². The van der Waals surface area contributed by atoms with Gasteiger partial charge in [0.1, 0.15) is 11.6 Å². The molecule has 0 aliphatic heterocycles. The summed E-state index contributed by atoms with van der Waals surface area (Å²) in [6.07, 6.45) is -0.863. The first-order chi connectivity index (χ1) is 8.52. The molecule has 1 unspecified atom stereocenters. The molecule has 1 rings (SSSR count). The third kappa shape index (κ3) is 4.64. The number of hydrogen-bond acceptors (Lipinski definition) is 3. The highest BCUT2D eigenvalue weighted by atomic mass is 19.1. The van der Waals surface area contributed by atoms with Gasteiger partial charge >= 0.3 is 6.03 Å². The number of aliphatic hydroxyl groups excluding tert-OH is 1. The average molecular weight is 260 g/mol. The number of hydrogen-bond donors (Lipinski definition) is 3. The molecular weight excluding hydrogens is 246 g/mol. The van der Waals surface area contributed by atoms with Crippen molar-refractivity contribution in [2.45, 2.75) is 6.10 Å². The minimum atomic E-state index is -0.863. The van der Waals surface area contributed by atoms with Crippen LogP contribution in [0.3, 0.4) is 0 Å². The topological polar surface area (TPSA) is 70.6 Å². The molecule has 1 aromatic rings. The summed E-state index contributed by atoms with van der Waals surface area (Å²) in [7, 11) is 1.41. The lowest BCUT2D eigenvalue weighted by Crippen LogP contribution is -2.37. The molecule has 0 saturated heterocycles. The van der Waals surface area contributed by atoms with Crippen LogP contribution in [0.25, 0.3) is 0 Å². The maximum absolute atomic E-state index is 13.2. The molecule has 0 aromatic heterocycles. The number of anilines is 1. The molecule has 0 saturated carbocycles. The minimum Gasteiger partial charge on any atom is -0.389 e. The van der Waals surface area contributed by atoms with Gasteiger partial charge in [0.2, 0.25) is 0 Å². The smallest absolute Gasteiger partial charge is 0.319 e. The van der Waals surface area contributed by atoms with Crippen molar-refractivity contribution in [2.24, 2.45) is 0 Å². The zero-order valence-electron chi connectivity index (χ0n) is 9.74. The van der Waals surface area contributed by atoms with Crippen LogP contribution in [-0.2, 0) is 4.74 Å². The number of halogens is 2. The van der Waals surface area contributed by atoms with Crippen LogP contribution in [0, 0.1) is 11.6 Å². The van der Waals surface area contributed by atoms with Crippen molar-refractivity contribution in [3.05, 3.63) is 29.8 Å². The molecule has 5 nitrogen and oxygen atoms in total. The normalized spacial score (nSPS) is 12.0. The van der Waals surface area contributed by atoms with E-state index in [1.165, 1.54) is 7.11 Å². The lowest BCUT2D eigenvalue weighted by atomic mass is 10.3. The first kappa shape index (κ1) is 14.3. The van der Waals surface area contributed by atoms with Gasteiger partial charge in [0, 0.05) is 19.7 Å². The lowest BCUT2D eigenvalue weighted by molar-refractivity contribution is 0.0663. The molecule has 0 fully saturated rings. The van der Waals surface area contributed by atoms with Gasteiger partial charge in [-0.2, -0.15) is 0 Å². The highest BCUT2D eigenvalue weighted by Crippen LogP contribution is 2.14. The van der Waals surface area contributed by atoms with Gasteiger partial charge in [0.05, 0.1) is 18.4 Å². The Morgan fingerprint density at radius 1 is 1.50 bits per heavy atom. The number of carbonyl (C=O) groups is 1. The second-order valence-electron chi connectivity index (χ2n) is 3.57. The number of ether oxygens (including phenoxy) is 1. The molecule has 7 heteroatoms. The van der Waals surface area contributed by atoms with E-state index in [-0.39, 0.29) is 18.8 Å². The van der Waals surface area contributed by atoms with Crippen LogP contribution >= 0.6 is 0 Å². The summed E-state index contributed by atoms with van der Waals surface area (Å²) >= 11 is 0. The Morgan fingerprint density at radius 2 is 2.22 bits per heavy atom. The van der Waals surface area contributed by atoms with E-state index in [0.717, 1.165) is 18.2 Å². The summed E-state index contributed by atoms with van der Waals surface area (Å²) in [5, 5.41) is 13.7. The fourth-order valence-electron chi connectivity index (χ4n) is 1.22. The number of amides is 2. The largest absolute Gasteiger partial charge is 0.389 e. The minimum absolute atomic E-state index is 0.0589. The summed E-state index contributed by atoms with van der Waals surface area (Å²) in [6, 6.07) is 1.97. The molecule has 0 aliphatic rings. The number of nitrogens with one attached hydrogen (secondary N) is 2. The van der Waals surface area contributed by atoms with Crippen LogP contribution in [0.2, 0.25) is 0 Å². The van der Waals surface area contributed by atoms with E-state index in [1.807, 2.05) is 0 Å². The highest BCUT2D eigenvalue weighted by molar-refractivity contribution is 5.89. The molecule has 1 aromatic carbocycles. The Hall–Kier alpha value is -1.73. The summed E-state index contributed by atoms with van der Waals surface area (Å²) in [4.78, 5) is 11.3. The molecule has 18 heavy (non-hydrogen) atoms. The zero-order chi connectivity index (χ0) is 13.5. The summed E-state index contributed by atoms with van der Waals surface area (Å²) in [5.74, 6) is -1.41. The molecule has 1 atom stereocenters. The quantitative estimate of drug-likeness (QED) is 0.742. The van der Waals surface area contributed by atoms with Gasteiger partial charge in [0.15, 0.2) is 0 Å². The number of rotatable bonds is 5. The van der Waals surface area contributed by atoms with E-state index in [2.05, 4.69) is 15.4 Å². The molecule has 0 bridgehead atoms. The summed E-state index contributed by atoms with van der Waals surface area (Å²) < 4.78 is 30.6. The van der Waals surface area contributed by atoms with Gasteiger partial charge < -0.3 is 20.5 Å². The van der Waals surface area contributed by atoms with Gasteiger partial charge in [-0.3, -0.25) is 0 Å². The monoisotopic (exact) mass is 260 g/mol. The van der Waals surface area contributed by atoms with E-state index in [1.54, 1.807) is 0 Å². The van der Waals surface area contributed by atoms with Gasteiger partial charge in [-0.05, 0) is 12.1 Å². The Morgan fingerprint density at radius 3 is 2.89 bits per heavy atom. The SMILES string of the molecule is COCC(O)CNC(=O)Nc1cc(F)ccc1F. The Labute approximate surface area is 103 Å². The lowest BCUT2D eigenvalue weighted by Gasteiger charge is -2.12. The standard InChI is InChI=1S/C11H14F2N2O3/c1-18-6-8(16)5-14-11(17)15-10-4-7(12)2-3-9(10)13/h2-4,8,16H,5-6H2,1H3,(H2,14,15,17). The molecule has 2 amide bonds. The van der Waals surface area contributed by atoms with E-state index >= 15 is 0 Å². The van der Waals surface area contributed by atoms with Gasteiger partial charge in [-0.1, -0.05) is 0 Å². The molecular formula is C11H14F2N2O3. The van der Waals surface area contributed by atoms with Crippen LogP contribution in [0.15, 0.2) is 18.2 Å². The van der Waals surface area contributed by atoms with Crippen LogP contribution in [0.1, 0.15) is 0 Å². The van der Waals surface area contributed by atoms with Crippen LogP contribution in [-0.4, -0.2) is 37.5 Å². The molecule has 0 heterocycles. The van der Waals surface area contributed by atoms with E-state index < -0.39 is 23.8 Å². The fourth-order valence-corrected chi connectivity index (χ4v) is 1.22. The van der Waals surface area contributed by atoms with E-state index in [9.17, 15) is 18.7 Å². The number of benzene rings is 1. The van der Waals surface area contributed by atoms with Crippen molar-refractivity contribution in [1.82, 2.24) is 5.32 Å². The highest BCUT2D eigenvalue weighted by Gasteiger charge is 2.09. The second-order valence-corrected chi connectivity index (χ2v) is 3.57. The Kier molecular flexibility index (Phi) is 5.47. The number of methoxy groups -OCH3 is 1. The zero-order valence-corrected chi connectivity index (χ0v) is 9.74. The van der Waals surface area contributed by atoms with E-state index in [4.69, 9.17) is 0 Å². The third-order valence-corrected chi connectivity index (χ3v) is 2.03. The van der Waals surface area contributed by atoms with Crippen molar-refractivity contribution in [3.63, 3.8) is 0 Å². The summed E-state index contributed by atoms with van der Waals surface area (Å²) in [5.41, 5.74) is -0.270. The van der Waals surface area contributed by atoms with Crippen molar-refractivity contribution >= 4 is 11.7 Å². The predicted octanol–water partition coefficient (Wildman–Crippen LogP) is 1.09. The average Bonchev–Trinajstić information content (AvgIpc) is 2.32. The van der Waals surface area contributed by atoms with Crippen molar-refractivity contribution in [1.29, 1.82) is 0 Å². The molecule has 0 aliphatic carbocycles. The van der Waals surface area contributed by atoms with Crippen LogP contribution in [0.5, 0.6) is 0 Å². The first-order valence-corrected chi connectivity index (χ1v) is 5.20. The van der Waals surface area contributed by atoms with Crippen molar-refractivity contribution < 1.29 is 23.4 Å². The Balaban J connectivity index is 2.47. The molecule has 3 N–H and O–H groups in total. The van der Waals surface area contributed by atoms with Crippen molar-refractivity contribution in [3.8, 4) is 0 Å². The maximum atomic E-state index is 13.2. The van der Waals surface area contributed by atoms with Gasteiger partial charge in [-0.25, -0.2) is 13.6 Å². The fraction of sp³-hybridized carbons (Fsp3) is 0.364. The maximum Gasteiger partial charge on any atom is 0.319 e. The predicted molar refractivity (Wildman–Crippen MR) is 61.3 cm³/mol. The molecule has 100 valence electrons. The summed E-state index contributed by atoms with van der Waals surface area (Å²) in [6.45, 7) is 0.00517. The number of urea groups is 1. The second kappa shape index (κ2) is 6.87. The number of carbonyl (C=O) groups excluding carboxylic acids is 1. The van der Waals surface area contributed by atoms with Crippen LogP contribution < -0.4 is 10.6 Å². The molecule has 0 spiro atoms. The Bertz CT molecular complexity index is 415. The first-order valence-electron chi connectivity index (χ1n) is 5.20. The van der Waals surface area contributed by atoms with Gasteiger partial charge in [-0.15, -0.1) is 0 Å². The van der Waals surface area contributed by atoms with Crippen molar-refractivity contribution in [2.75, 3.05) is 25.6 Å². The van der Waals surface area contributed by atoms with Gasteiger partial charge in [0.25, 0.3) is 0 Å². The number of aliphatic hydroxyl groups is 1. The molecule has 0 radical (unpaired) electrons. The van der Waals surface area contributed by atoms with E-state index in [0.29, 0.717) is 0 Å². The third-order valence-electron chi connectivity index (χ3n) is 2.03.